The maximum Gasteiger partial charge on any atom is 0.279 e. The van der Waals surface area contributed by atoms with Crippen LogP contribution in [0.15, 0.2) is 90.1 Å². The van der Waals surface area contributed by atoms with E-state index in [9.17, 15) is 19.5 Å². The highest BCUT2D eigenvalue weighted by molar-refractivity contribution is 7.13. The summed E-state index contributed by atoms with van der Waals surface area (Å²) in [6.07, 6.45) is 4.93. The van der Waals surface area contributed by atoms with Crippen molar-refractivity contribution < 1.29 is 14.7 Å². The van der Waals surface area contributed by atoms with E-state index in [4.69, 9.17) is 4.98 Å². The second-order valence-corrected chi connectivity index (χ2v) is 14.0. The zero-order valence-corrected chi connectivity index (χ0v) is 27.7. The lowest BCUT2D eigenvalue weighted by Gasteiger charge is -2.43. The maximum atomic E-state index is 14.1. The number of aryl methyl sites for hydroxylation is 1. The molecule has 1 N–H and O–H groups in total. The predicted molar refractivity (Wildman–Crippen MR) is 184 cm³/mol. The molecule has 2 aromatic carbocycles. The Bertz CT molecular complexity index is 1990. The molecule has 3 aromatic heterocycles. The molecule has 2 fully saturated rings. The number of hydrogen-bond acceptors (Lipinski definition) is 8. The lowest BCUT2D eigenvalue weighted by Crippen LogP contribution is -2.53. The molecule has 48 heavy (non-hydrogen) atoms. The molecule has 0 aliphatic carbocycles. The fraction of sp³-hybridized carbons (Fsp3) is 0.351. The number of thiazole rings is 1. The Balaban J connectivity index is 1.04. The molecule has 2 amide bonds. The largest absolute Gasteiger partial charge is 0.388 e. The van der Waals surface area contributed by atoms with E-state index >= 15 is 0 Å². The number of carbonyl (C=O) groups excluding carboxylic acids is 2. The number of fused-ring (bicyclic) bond motifs is 1. The number of rotatable bonds is 7. The van der Waals surface area contributed by atoms with Gasteiger partial charge < -0.3 is 14.9 Å². The van der Waals surface area contributed by atoms with E-state index in [0.717, 1.165) is 21.8 Å². The Hall–Kier alpha value is -4.74. The van der Waals surface area contributed by atoms with Crippen LogP contribution in [0.2, 0.25) is 0 Å². The van der Waals surface area contributed by atoms with E-state index in [1.54, 1.807) is 18.3 Å². The van der Waals surface area contributed by atoms with Gasteiger partial charge in [0, 0.05) is 50.6 Å². The third-order valence-corrected chi connectivity index (χ3v) is 10.9. The molecule has 0 unspecified atom stereocenters. The van der Waals surface area contributed by atoms with Gasteiger partial charge in [0.05, 0.1) is 34.7 Å². The SMILES string of the molecule is Cc1nc(Cc2ccccc2)sc1C(=O)N1CC[C@@H](C(=O)N2CCC(O)(Cn3cnc4cccnc4c3=O)CC2)[C@H](c2ccccc2)C1. The highest BCUT2D eigenvalue weighted by atomic mass is 32.1. The Kier molecular flexibility index (Phi) is 8.89. The summed E-state index contributed by atoms with van der Waals surface area (Å²) in [7, 11) is 0. The van der Waals surface area contributed by atoms with E-state index in [-0.39, 0.29) is 41.3 Å². The number of likely N-dealkylation sites (tertiary alicyclic amines) is 2. The van der Waals surface area contributed by atoms with Gasteiger partial charge in [-0.1, -0.05) is 60.7 Å². The van der Waals surface area contributed by atoms with Crippen LogP contribution in [0.1, 0.15) is 56.7 Å². The monoisotopic (exact) mass is 662 g/mol. The zero-order chi connectivity index (χ0) is 33.3. The van der Waals surface area contributed by atoms with Gasteiger partial charge in [0.25, 0.3) is 11.5 Å². The molecule has 2 aliphatic rings. The number of hydrogen-bond donors (Lipinski definition) is 1. The van der Waals surface area contributed by atoms with Gasteiger partial charge in [0.2, 0.25) is 5.91 Å². The van der Waals surface area contributed by atoms with Crippen LogP contribution < -0.4 is 5.56 Å². The van der Waals surface area contributed by atoms with E-state index in [0.29, 0.717) is 62.3 Å². The number of pyridine rings is 1. The number of nitrogens with zero attached hydrogens (tertiary/aromatic N) is 6. The third-order valence-electron chi connectivity index (χ3n) is 9.73. The summed E-state index contributed by atoms with van der Waals surface area (Å²) in [4.78, 5) is 58.7. The van der Waals surface area contributed by atoms with Gasteiger partial charge >= 0.3 is 0 Å². The summed E-state index contributed by atoms with van der Waals surface area (Å²) in [6, 6.07) is 23.6. The predicted octanol–water partition coefficient (Wildman–Crippen LogP) is 4.45. The van der Waals surface area contributed by atoms with Crippen LogP contribution in [-0.2, 0) is 17.8 Å². The van der Waals surface area contributed by atoms with E-state index in [1.165, 1.54) is 22.2 Å². The lowest BCUT2D eigenvalue weighted by atomic mass is 9.79. The number of aromatic nitrogens is 4. The number of amides is 2. The Morgan fingerprint density at radius 2 is 1.67 bits per heavy atom. The number of piperidine rings is 2. The molecule has 10 nitrogen and oxygen atoms in total. The average Bonchev–Trinajstić information content (AvgIpc) is 3.49. The zero-order valence-electron chi connectivity index (χ0n) is 26.9. The summed E-state index contributed by atoms with van der Waals surface area (Å²) in [6.45, 7) is 3.67. The molecular weight excluding hydrogens is 625 g/mol. The summed E-state index contributed by atoms with van der Waals surface area (Å²) in [5.41, 5.74) is 2.27. The van der Waals surface area contributed by atoms with Gasteiger partial charge in [-0.25, -0.2) is 15.0 Å². The first-order valence-corrected chi connectivity index (χ1v) is 17.3. The van der Waals surface area contributed by atoms with Crippen molar-refractivity contribution in [1.29, 1.82) is 0 Å². The first-order valence-electron chi connectivity index (χ1n) is 16.4. The molecule has 5 heterocycles. The Morgan fingerprint density at radius 3 is 2.42 bits per heavy atom. The van der Waals surface area contributed by atoms with Crippen molar-refractivity contribution in [3.63, 3.8) is 0 Å². The van der Waals surface area contributed by atoms with Crippen molar-refractivity contribution in [3.8, 4) is 0 Å². The third kappa shape index (κ3) is 6.52. The van der Waals surface area contributed by atoms with Crippen molar-refractivity contribution in [1.82, 2.24) is 29.3 Å². The number of benzene rings is 2. The molecule has 0 saturated carbocycles. The first-order chi connectivity index (χ1) is 23.3. The summed E-state index contributed by atoms with van der Waals surface area (Å²) < 4.78 is 1.42. The van der Waals surface area contributed by atoms with Crippen molar-refractivity contribution in [2.75, 3.05) is 26.2 Å². The number of carbonyl (C=O) groups is 2. The van der Waals surface area contributed by atoms with Crippen molar-refractivity contribution in [2.45, 2.75) is 50.7 Å². The summed E-state index contributed by atoms with van der Waals surface area (Å²) in [5.74, 6) is -0.445. The molecule has 2 atom stereocenters. The minimum atomic E-state index is -1.15. The Morgan fingerprint density at radius 1 is 0.938 bits per heavy atom. The molecule has 246 valence electrons. The minimum absolute atomic E-state index is 0.0344. The normalized spacial score (nSPS) is 19.4. The van der Waals surface area contributed by atoms with Gasteiger partial charge in [-0.3, -0.25) is 19.0 Å². The quantitative estimate of drug-likeness (QED) is 0.274. The van der Waals surface area contributed by atoms with Crippen LogP contribution in [0.3, 0.4) is 0 Å². The van der Waals surface area contributed by atoms with Crippen molar-refractivity contribution >= 4 is 34.2 Å². The van der Waals surface area contributed by atoms with Gasteiger partial charge in [0.1, 0.15) is 4.88 Å². The van der Waals surface area contributed by atoms with E-state index in [2.05, 4.69) is 22.1 Å². The van der Waals surface area contributed by atoms with Gasteiger partial charge in [-0.2, -0.15) is 0 Å². The first kappa shape index (κ1) is 31.8. The highest BCUT2D eigenvalue weighted by Crippen LogP contribution is 2.36. The van der Waals surface area contributed by atoms with Crippen LogP contribution in [0.5, 0.6) is 0 Å². The van der Waals surface area contributed by atoms with Crippen LogP contribution in [0.4, 0.5) is 0 Å². The van der Waals surface area contributed by atoms with E-state index < -0.39 is 5.60 Å². The van der Waals surface area contributed by atoms with Crippen LogP contribution in [-0.4, -0.2) is 78.0 Å². The second-order valence-electron chi connectivity index (χ2n) is 12.9. The minimum Gasteiger partial charge on any atom is -0.388 e. The van der Waals surface area contributed by atoms with Crippen LogP contribution >= 0.6 is 11.3 Å². The van der Waals surface area contributed by atoms with Crippen molar-refractivity contribution in [3.05, 3.63) is 122 Å². The fourth-order valence-corrected chi connectivity index (χ4v) is 8.13. The molecule has 0 spiro atoms. The molecule has 11 heteroatoms. The maximum absolute atomic E-state index is 14.1. The smallest absolute Gasteiger partial charge is 0.279 e. The highest BCUT2D eigenvalue weighted by Gasteiger charge is 2.42. The molecule has 0 bridgehead atoms. The van der Waals surface area contributed by atoms with Crippen LogP contribution in [0.25, 0.3) is 11.0 Å². The van der Waals surface area contributed by atoms with Gasteiger partial charge in [-0.05, 0) is 49.4 Å². The molecule has 2 saturated heterocycles. The van der Waals surface area contributed by atoms with Gasteiger partial charge in [0.15, 0.2) is 5.52 Å². The van der Waals surface area contributed by atoms with Gasteiger partial charge in [-0.15, -0.1) is 11.3 Å². The fourth-order valence-electron chi connectivity index (χ4n) is 7.06. The van der Waals surface area contributed by atoms with Crippen molar-refractivity contribution in [2.24, 2.45) is 5.92 Å². The topological polar surface area (TPSA) is 122 Å². The summed E-state index contributed by atoms with van der Waals surface area (Å²) >= 11 is 1.45. The standard InChI is InChI=1S/C37H38N6O4S/c1-25-33(48-31(40-25)21-26-9-4-2-5-10-26)36(46)42-18-14-28(29(22-42)27-11-6-3-7-12-27)34(44)41-19-15-37(47,16-20-41)23-43-24-39-30-13-8-17-38-32(30)35(43)45/h2-13,17,24,28-29,47H,14-16,18-23H2,1H3/t28-,29+/m1/s1. The second kappa shape index (κ2) is 13.4. The Labute approximate surface area is 282 Å². The molecule has 2 aliphatic heterocycles. The number of aliphatic hydroxyl groups is 1. The summed E-state index contributed by atoms with van der Waals surface area (Å²) in [5, 5.41) is 12.4. The van der Waals surface area contributed by atoms with E-state index in [1.807, 2.05) is 65.3 Å². The molecule has 7 rings (SSSR count). The molecular formula is C37H38N6O4S. The average molecular weight is 663 g/mol. The molecule has 5 aromatic rings. The lowest BCUT2D eigenvalue weighted by molar-refractivity contribution is -0.142. The molecule has 0 radical (unpaired) electrons. The van der Waals surface area contributed by atoms with Crippen LogP contribution in [0, 0.1) is 12.8 Å².